The minimum absolute atomic E-state index is 0.0998. The lowest BCUT2D eigenvalue weighted by Gasteiger charge is -2.34. The van der Waals surface area contributed by atoms with Gasteiger partial charge in [0.2, 0.25) is 5.91 Å². The van der Waals surface area contributed by atoms with E-state index in [2.05, 4.69) is 32.9 Å². The number of piperazine rings is 1. The smallest absolute Gasteiger partial charge is 0.415 e. The zero-order valence-electron chi connectivity index (χ0n) is 18.7. The SMILES string of the molecule is CC(C)(C)c1ccc(OCCCC(=O)N2CCN(C(=O)Oc3ccccc3)CC2)cc1. The molecule has 2 aromatic rings. The summed E-state index contributed by atoms with van der Waals surface area (Å²) in [4.78, 5) is 28.2. The van der Waals surface area contributed by atoms with Gasteiger partial charge < -0.3 is 19.3 Å². The van der Waals surface area contributed by atoms with Crippen LogP contribution < -0.4 is 9.47 Å². The fourth-order valence-corrected chi connectivity index (χ4v) is 3.42. The van der Waals surface area contributed by atoms with Crippen molar-refractivity contribution in [1.29, 1.82) is 0 Å². The Morgan fingerprint density at radius 1 is 0.839 bits per heavy atom. The summed E-state index contributed by atoms with van der Waals surface area (Å²) < 4.78 is 11.1. The van der Waals surface area contributed by atoms with Crippen LogP contribution in [0.2, 0.25) is 0 Å². The Bertz CT molecular complexity index is 851. The number of nitrogens with zero attached hydrogens (tertiary/aromatic N) is 2. The maximum atomic E-state index is 12.5. The molecule has 0 spiro atoms. The lowest BCUT2D eigenvalue weighted by Crippen LogP contribution is -2.51. The summed E-state index contributed by atoms with van der Waals surface area (Å²) in [5, 5.41) is 0. The first kappa shape index (κ1) is 22.7. The highest BCUT2D eigenvalue weighted by Gasteiger charge is 2.25. The predicted molar refractivity (Wildman–Crippen MR) is 120 cm³/mol. The Balaban J connectivity index is 1.34. The lowest BCUT2D eigenvalue weighted by molar-refractivity contribution is -0.132. The molecular formula is C25H32N2O4. The molecule has 166 valence electrons. The Kier molecular flexibility index (Phi) is 7.55. The van der Waals surface area contributed by atoms with Crippen LogP contribution in [0.5, 0.6) is 11.5 Å². The van der Waals surface area contributed by atoms with Gasteiger partial charge in [0, 0.05) is 32.6 Å². The minimum atomic E-state index is -0.371. The molecule has 31 heavy (non-hydrogen) atoms. The number of benzene rings is 2. The molecule has 0 unspecified atom stereocenters. The third-order valence-corrected chi connectivity index (χ3v) is 5.36. The van der Waals surface area contributed by atoms with Crippen LogP contribution in [0.4, 0.5) is 4.79 Å². The van der Waals surface area contributed by atoms with E-state index in [1.54, 1.807) is 17.0 Å². The maximum Gasteiger partial charge on any atom is 0.415 e. The van der Waals surface area contributed by atoms with E-state index in [0.717, 1.165) is 5.75 Å². The predicted octanol–water partition coefficient (Wildman–Crippen LogP) is 4.49. The molecule has 3 rings (SSSR count). The molecule has 1 heterocycles. The average molecular weight is 425 g/mol. The van der Waals surface area contributed by atoms with Crippen LogP contribution in [-0.2, 0) is 10.2 Å². The van der Waals surface area contributed by atoms with Crippen LogP contribution in [0, 0.1) is 0 Å². The van der Waals surface area contributed by atoms with E-state index in [1.165, 1.54) is 5.56 Å². The first-order valence-electron chi connectivity index (χ1n) is 10.9. The minimum Gasteiger partial charge on any atom is -0.494 e. The zero-order chi connectivity index (χ0) is 22.3. The van der Waals surface area contributed by atoms with Crippen molar-refractivity contribution < 1.29 is 19.1 Å². The summed E-state index contributed by atoms with van der Waals surface area (Å²) in [6.45, 7) is 9.06. The van der Waals surface area contributed by atoms with E-state index in [9.17, 15) is 9.59 Å². The van der Waals surface area contributed by atoms with E-state index >= 15 is 0 Å². The second-order valence-corrected chi connectivity index (χ2v) is 8.78. The fourth-order valence-electron chi connectivity index (χ4n) is 3.42. The largest absolute Gasteiger partial charge is 0.494 e. The highest BCUT2D eigenvalue weighted by Crippen LogP contribution is 2.24. The van der Waals surface area contributed by atoms with Crippen molar-refractivity contribution in [3.8, 4) is 11.5 Å². The first-order chi connectivity index (χ1) is 14.8. The molecule has 1 aliphatic heterocycles. The van der Waals surface area contributed by atoms with E-state index in [4.69, 9.17) is 9.47 Å². The van der Waals surface area contributed by atoms with Crippen LogP contribution in [-0.4, -0.2) is 54.6 Å². The van der Waals surface area contributed by atoms with Gasteiger partial charge in [-0.25, -0.2) is 4.79 Å². The molecule has 2 aromatic carbocycles. The second kappa shape index (κ2) is 10.3. The van der Waals surface area contributed by atoms with E-state index in [1.807, 2.05) is 35.2 Å². The molecule has 0 atom stereocenters. The number of ether oxygens (including phenoxy) is 2. The van der Waals surface area contributed by atoms with Crippen LogP contribution in [0.15, 0.2) is 54.6 Å². The summed E-state index contributed by atoms with van der Waals surface area (Å²) in [5.41, 5.74) is 1.38. The van der Waals surface area contributed by atoms with E-state index < -0.39 is 0 Å². The van der Waals surface area contributed by atoms with Gasteiger partial charge in [-0.3, -0.25) is 4.79 Å². The fraction of sp³-hybridized carbons (Fsp3) is 0.440. The van der Waals surface area contributed by atoms with Crippen LogP contribution in [0.25, 0.3) is 0 Å². The number of amides is 2. The second-order valence-electron chi connectivity index (χ2n) is 8.78. The highest BCUT2D eigenvalue weighted by atomic mass is 16.6. The Morgan fingerprint density at radius 2 is 1.45 bits per heavy atom. The maximum absolute atomic E-state index is 12.5. The third-order valence-electron chi connectivity index (χ3n) is 5.36. The van der Waals surface area contributed by atoms with Crippen molar-refractivity contribution in [3.63, 3.8) is 0 Å². The van der Waals surface area contributed by atoms with Gasteiger partial charge in [-0.2, -0.15) is 0 Å². The molecule has 0 bridgehead atoms. The number of hydrogen-bond donors (Lipinski definition) is 0. The Morgan fingerprint density at radius 3 is 2.06 bits per heavy atom. The Labute approximate surface area is 184 Å². The van der Waals surface area contributed by atoms with Crippen molar-refractivity contribution in [2.24, 2.45) is 0 Å². The molecular weight excluding hydrogens is 392 g/mol. The summed E-state index contributed by atoms with van der Waals surface area (Å²) in [6.07, 6.45) is 0.731. The van der Waals surface area contributed by atoms with Gasteiger partial charge in [0.15, 0.2) is 0 Å². The Hall–Kier alpha value is -3.02. The average Bonchev–Trinajstić information content (AvgIpc) is 2.77. The monoisotopic (exact) mass is 424 g/mol. The summed E-state index contributed by atoms with van der Waals surface area (Å²) >= 11 is 0. The molecule has 0 saturated carbocycles. The van der Waals surface area contributed by atoms with Gasteiger partial charge in [-0.15, -0.1) is 0 Å². The van der Waals surface area contributed by atoms with Gasteiger partial charge in [0.25, 0.3) is 0 Å². The summed E-state index contributed by atoms with van der Waals surface area (Å²) in [5.74, 6) is 1.45. The lowest BCUT2D eigenvalue weighted by atomic mass is 9.87. The summed E-state index contributed by atoms with van der Waals surface area (Å²) in [7, 11) is 0. The van der Waals surface area contributed by atoms with E-state index in [0.29, 0.717) is 51.4 Å². The molecule has 6 heteroatoms. The van der Waals surface area contributed by atoms with Gasteiger partial charge in [-0.1, -0.05) is 51.1 Å². The molecule has 0 aliphatic carbocycles. The standard InChI is InChI=1S/C25H32N2O4/c1-25(2,3)20-11-13-21(14-12-20)30-19-7-10-23(28)26-15-17-27(18-16-26)24(29)31-22-8-5-4-6-9-22/h4-6,8-9,11-14H,7,10,15-19H2,1-3H3. The van der Waals surface area contributed by atoms with Crippen LogP contribution in [0.3, 0.4) is 0 Å². The topological polar surface area (TPSA) is 59.1 Å². The van der Waals surface area contributed by atoms with Crippen LogP contribution >= 0.6 is 0 Å². The number of hydrogen-bond acceptors (Lipinski definition) is 4. The quantitative estimate of drug-likeness (QED) is 0.641. The van der Waals surface area contributed by atoms with Crippen molar-refractivity contribution >= 4 is 12.0 Å². The zero-order valence-corrected chi connectivity index (χ0v) is 18.7. The molecule has 1 aliphatic rings. The number of carbonyl (C=O) groups is 2. The van der Waals surface area contributed by atoms with Gasteiger partial charge in [0.1, 0.15) is 11.5 Å². The summed E-state index contributed by atoms with van der Waals surface area (Å²) in [6, 6.07) is 17.2. The molecule has 0 radical (unpaired) electrons. The van der Waals surface area contributed by atoms with E-state index in [-0.39, 0.29) is 17.4 Å². The molecule has 1 saturated heterocycles. The van der Waals surface area contributed by atoms with Gasteiger partial charge in [0.05, 0.1) is 6.61 Å². The molecule has 0 aromatic heterocycles. The van der Waals surface area contributed by atoms with Crippen molar-refractivity contribution in [1.82, 2.24) is 9.80 Å². The number of rotatable bonds is 6. The molecule has 2 amide bonds. The van der Waals surface area contributed by atoms with Crippen molar-refractivity contribution in [2.45, 2.75) is 39.0 Å². The highest BCUT2D eigenvalue weighted by molar-refractivity contribution is 5.77. The van der Waals surface area contributed by atoms with Gasteiger partial charge in [-0.05, 0) is 41.7 Å². The van der Waals surface area contributed by atoms with Crippen LogP contribution in [0.1, 0.15) is 39.2 Å². The first-order valence-corrected chi connectivity index (χ1v) is 10.9. The van der Waals surface area contributed by atoms with Gasteiger partial charge >= 0.3 is 6.09 Å². The molecule has 6 nitrogen and oxygen atoms in total. The third kappa shape index (κ3) is 6.74. The normalized spacial score (nSPS) is 14.3. The van der Waals surface area contributed by atoms with Crippen molar-refractivity contribution in [2.75, 3.05) is 32.8 Å². The number of carbonyl (C=O) groups excluding carboxylic acids is 2. The molecule has 1 fully saturated rings. The number of para-hydroxylation sites is 1. The molecule has 0 N–H and O–H groups in total. The van der Waals surface area contributed by atoms with Crippen molar-refractivity contribution in [3.05, 3.63) is 60.2 Å².